The Hall–Kier alpha value is -2.71. The molecule has 0 spiro atoms. The van der Waals surface area contributed by atoms with E-state index in [-0.39, 0.29) is 22.4 Å². The van der Waals surface area contributed by atoms with E-state index in [1.807, 2.05) is 31.2 Å². The van der Waals surface area contributed by atoms with Gasteiger partial charge in [-0.05, 0) is 56.0 Å². The highest BCUT2D eigenvalue weighted by molar-refractivity contribution is 7.89. The van der Waals surface area contributed by atoms with Gasteiger partial charge in [0.25, 0.3) is 5.91 Å². The minimum absolute atomic E-state index is 0.0124. The second-order valence-corrected chi connectivity index (χ2v) is 9.95. The van der Waals surface area contributed by atoms with Crippen LogP contribution in [0.1, 0.15) is 42.1 Å². The zero-order valence-corrected chi connectivity index (χ0v) is 18.3. The second kappa shape index (κ2) is 8.80. The fourth-order valence-electron chi connectivity index (χ4n) is 4.26. The lowest BCUT2D eigenvalue weighted by Gasteiger charge is -2.26. The summed E-state index contributed by atoms with van der Waals surface area (Å²) in [7, 11) is -3.65. The average Bonchev–Trinajstić information content (AvgIpc) is 3.13. The predicted octanol–water partition coefficient (Wildman–Crippen LogP) is 3.00. The zero-order chi connectivity index (χ0) is 22.0. The van der Waals surface area contributed by atoms with E-state index in [0.29, 0.717) is 13.1 Å². The fraction of sp³-hybridized carbons (Fsp3) is 0.391. The summed E-state index contributed by atoms with van der Waals surface area (Å²) < 4.78 is 32.4. The summed E-state index contributed by atoms with van der Waals surface area (Å²) in [5, 5.41) is 0. The summed E-state index contributed by atoms with van der Waals surface area (Å²) in [6.45, 7) is 2.53. The fourth-order valence-corrected chi connectivity index (χ4v) is 5.83. The molecule has 2 heterocycles. The number of anilines is 1. The summed E-state index contributed by atoms with van der Waals surface area (Å²) in [5.74, 6) is -1.02. The number of sulfonamides is 1. The van der Waals surface area contributed by atoms with Crippen molar-refractivity contribution in [1.82, 2.24) is 4.31 Å². The number of ether oxygens (including phenoxy) is 1. The molecular formula is C23H26N2O5S. The van der Waals surface area contributed by atoms with Crippen molar-refractivity contribution in [1.29, 1.82) is 0 Å². The number of hydrogen-bond acceptors (Lipinski definition) is 5. The van der Waals surface area contributed by atoms with E-state index in [9.17, 15) is 18.0 Å². The van der Waals surface area contributed by atoms with Gasteiger partial charge in [0.05, 0.1) is 10.5 Å². The monoisotopic (exact) mass is 442 g/mol. The molecule has 0 saturated carbocycles. The number of para-hydroxylation sites is 1. The summed E-state index contributed by atoms with van der Waals surface area (Å²) in [5.41, 5.74) is 2.04. The van der Waals surface area contributed by atoms with Gasteiger partial charge in [-0.15, -0.1) is 0 Å². The number of benzene rings is 2. The minimum Gasteiger partial charge on any atom is -0.452 e. The molecule has 1 saturated heterocycles. The van der Waals surface area contributed by atoms with Crippen LogP contribution in [0.3, 0.4) is 0 Å². The molecule has 31 heavy (non-hydrogen) atoms. The van der Waals surface area contributed by atoms with Crippen LogP contribution < -0.4 is 4.90 Å². The topological polar surface area (TPSA) is 84.0 Å². The number of carbonyl (C=O) groups is 2. The van der Waals surface area contributed by atoms with E-state index in [4.69, 9.17) is 4.74 Å². The third kappa shape index (κ3) is 4.36. The molecule has 0 aliphatic carbocycles. The first-order chi connectivity index (χ1) is 14.9. The number of carbonyl (C=O) groups excluding carboxylic acids is 2. The van der Waals surface area contributed by atoms with Crippen LogP contribution >= 0.6 is 0 Å². The van der Waals surface area contributed by atoms with Crippen molar-refractivity contribution in [3.8, 4) is 0 Å². The third-order valence-electron chi connectivity index (χ3n) is 5.83. The van der Waals surface area contributed by atoms with Crippen molar-refractivity contribution in [2.45, 2.75) is 43.5 Å². The Bertz CT molecular complexity index is 1090. The number of nitrogens with zero attached hydrogens (tertiary/aromatic N) is 2. The Morgan fingerprint density at radius 2 is 1.77 bits per heavy atom. The van der Waals surface area contributed by atoms with Gasteiger partial charge in [-0.25, -0.2) is 13.2 Å². The van der Waals surface area contributed by atoms with Crippen LogP contribution in [0.5, 0.6) is 0 Å². The molecule has 0 N–H and O–H groups in total. The molecule has 2 aliphatic rings. The highest BCUT2D eigenvalue weighted by Crippen LogP contribution is 2.31. The largest absolute Gasteiger partial charge is 0.452 e. The standard InChI is InChI=1S/C23H26N2O5S/c1-17-14-18-8-3-4-11-21(18)25(17)22(26)16-30-23(27)19-9-7-10-20(15-19)31(28,29)24-12-5-2-6-13-24/h3-4,7-11,15,17H,2,5-6,12-14,16H2,1H3. The van der Waals surface area contributed by atoms with Gasteiger partial charge in [0.15, 0.2) is 6.61 Å². The highest BCUT2D eigenvalue weighted by Gasteiger charge is 2.31. The molecule has 2 aliphatic heterocycles. The normalized spacial score (nSPS) is 19.1. The second-order valence-electron chi connectivity index (χ2n) is 8.01. The predicted molar refractivity (Wildman–Crippen MR) is 116 cm³/mol. The molecule has 0 radical (unpaired) electrons. The van der Waals surface area contributed by atoms with Crippen molar-refractivity contribution in [3.05, 3.63) is 59.7 Å². The summed E-state index contributed by atoms with van der Waals surface area (Å²) >= 11 is 0. The molecule has 1 unspecified atom stereocenters. The highest BCUT2D eigenvalue weighted by atomic mass is 32.2. The molecule has 7 nitrogen and oxygen atoms in total. The van der Waals surface area contributed by atoms with Crippen LogP contribution in [0.15, 0.2) is 53.4 Å². The van der Waals surface area contributed by atoms with Crippen LogP contribution in [-0.2, 0) is 26.0 Å². The average molecular weight is 443 g/mol. The number of hydrogen-bond donors (Lipinski definition) is 0. The van der Waals surface area contributed by atoms with Crippen molar-refractivity contribution in [2.75, 3.05) is 24.6 Å². The maximum absolute atomic E-state index is 12.9. The van der Waals surface area contributed by atoms with Crippen molar-refractivity contribution >= 4 is 27.6 Å². The molecule has 2 aromatic rings. The van der Waals surface area contributed by atoms with Gasteiger partial charge >= 0.3 is 5.97 Å². The van der Waals surface area contributed by atoms with Gasteiger partial charge < -0.3 is 9.64 Å². The molecule has 1 amide bonds. The van der Waals surface area contributed by atoms with E-state index >= 15 is 0 Å². The Balaban J connectivity index is 1.44. The molecule has 0 bridgehead atoms. The molecule has 1 fully saturated rings. The van der Waals surface area contributed by atoms with Gasteiger partial charge in [-0.1, -0.05) is 30.7 Å². The Morgan fingerprint density at radius 1 is 1.03 bits per heavy atom. The maximum Gasteiger partial charge on any atom is 0.338 e. The molecule has 2 aromatic carbocycles. The van der Waals surface area contributed by atoms with Crippen LogP contribution in [-0.4, -0.2) is 50.3 Å². The first kappa shape index (κ1) is 21.5. The summed E-state index contributed by atoms with van der Waals surface area (Å²) in [6.07, 6.45) is 3.45. The SMILES string of the molecule is CC1Cc2ccccc2N1C(=O)COC(=O)c1cccc(S(=O)(=O)N2CCCCC2)c1. The van der Waals surface area contributed by atoms with E-state index in [1.54, 1.807) is 4.90 Å². The molecular weight excluding hydrogens is 416 g/mol. The third-order valence-corrected chi connectivity index (χ3v) is 7.72. The minimum atomic E-state index is -3.65. The summed E-state index contributed by atoms with van der Waals surface area (Å²) in [6, 6.07) is 13.5. The number of rotatable bonds is 5. The maximum atomic E-state index is 12.9. The Labute approximate surface area is 182 Å². The van der Waals surface area contributed by atoms with Crippen LogP contribution in [0, 0.1) is 0 Å². The number of amides is 1. The Kier molecular flexibility index (Phi) is 6.11. The van der Waals surface area contributed by atoms with Crippen LogP contribution in [0.25, 0.3) is 0 Å². The molecule has 4 rings (SSSR count). The van der Waals surface area contributed by atoms with E-state index in [1.165, 1.54) is 28.6 Å². The smallest absolute Gasteiger partial charge is 0.338 e. The molecule has 0 aromatic heterocycles. The molecule has 1 atom stereocenters. The van der Waals surface area contributed by atoms with Gasteiger partial charge in [-0.3, -0.25) is 4.79 Å². The zero-order valence-electron chi connectivity index (χ0n) is 17.5. The van der Waals surface area contributed by atoms with Crippen molar-refractivity contribution in [3.63, 3.8) is 0 Å². The number of esters is 1. The first-order valence-corrected chi connectivity index (χ1v) is 12.0. The lowest BCUT2D eigenvalue weighted by atomic mass is 10.1. The first-order valence-electron chi connectivity index (χ1n) is 10.6. The van der Waals surface area contributed by atoms with E-state index in [2.05, 4.69) is 0 Å². The van der Waals surface area contributed by atoms with Crippen molar-refractivity contribution < 1.29 is 22.7 Å². The van der Waals surface area contributed by atoms with Crippen molar-refractivity contribution in [2.24, 2.45) is 0 Å². The van der Waals surface area contributed by atoms with Gasteiger partial charge in [0.1, 0.15) is 0 Å². The van der Waals surface area contributed by atoms with Crippen LogP contribution in [0.2, 0.25) is 0 Å². The van der Waals surface area contributed by atoms with Gasteiger partial charge in [0.2, 0.25) is 10.0 Å². The quantitative estimate of drug-likeness (QED) is 0.665. The van der Waals surface area contributed by atoms with E-state index < -0.39 is 22.6 Å². The molecule has 164 valence electrons. The lowest BCUT2D eigenvalue weighted by molar-refractivity contribution is -0.122. The van der Waals surface area contributed by atoms with E-state index in [0.717, 1.165) is 36.9 Å². The van der Waals surface area contributed by atoms with Crippen LogP contribution in [0.4, 0.5) is 5.69 Å². The number of piperidine rings is 1. The summed E-state index contributed by atoms with van der Waals surface area (Å²) in [4.78, 5) is 27.0. The van der Waals surface area contributed by atoms with Gasteiger partial charge in [-0.2, -0.15) is 4.31 Å². The lowest BCUT2D eigenvalue weighted by Crippen LogP contribution is -2.38. The van der Waals surface area contributed by atoms with Gasteiger partial charge in [0, 0.05) is 24.8 Å². The Morgan fingerprint density at radius 3 is 2.55 bits per heavy atom. The number of fused-ring (bicyclic) bond motifs is 1. The molecule has 8 heteroatoms.